The molecule has 0 saturated heterocycles. The summed E-state index contributed by atoms with van der Waals surface area (Å²) in [5, 5.41) is 12.5. The lowest BCUT2D eigenvalue weighted by atomic mass is 10.1. The third-order valence-corrected chi connectivity index (χ3v) is 3.25. The molecule has 2 N–H and O–H groups in total. The van der Waals surface area contributed by atoms with Gasteiger partial charge in [-0.2, -0.15) is 0 Å². The first-order valence-corrected chi connectivity index (χ1v) is 6.21. The molecule has 0 saturated carbocycles. The molecule has 0 aliphatic rings. The summed E-state index contributed by atoms with van der Waals surface area (Å²) in [6, 6.07) is 12.9. The van der Waals surface area contributed by atoms with Crippen molar-refractivity contribution in [3.63, 3.8) is 0 Å². The molecule has 0 bridgehead atoms. The summed E-state index contributed by atoms with van der Waals surface area (Å²) >= 11 is 0. The quantitative estimate of drug-likeness (QED) is 0.886. The number of phenols is 1. The van der Waals surface area contributed by atoms with Crippen molar-refractivity contribution in [2.45, 2.75) is 20.4 Å². The number of carbonyl (C=O) groups excluding carboxylic acids is 1. The zero-order chi connectivity index (χ0) is 13.8. The van der Waals surface area contributed by atoms with E-state index in [-0.39, 0.29) is 11.7 Å². The van der Waals surface area contributed by atoms with Crippen LogP contribution in [0.15, 0.2) is 42.5 Å². The maximum atomic E-state index is 12.1. The minimum atomic E-state index is -0.170. The Morgan fingerprint density at radius 1 is 1.11 bits per heavy atom. The van der Waals surface area contributed by atoms with Gasteiger partial charge in [0.1, 0.15) is 5.75 Å². The van der Waals surface area contributed by atoms with Crippen LogP contribution >= 0.6 is 0 Å². The number of carbonyl (C=O) groups is 1. The van der Waals surface area contributed by atoms with E-state index in [1.807, 2.05) is 31.2 Å². The Labute approximate surface area is 112 Å². The van der Waals surface area contributed by atoms with Gasteiger partial charge in [0.05, 0.1) is 0 Å². The molecule has 1 amide bonds. The molecule has 0 aliphatic carbocycles. The minimum absolute atomic E-state index is 0.142. The highest BCUT2D eigenvalue weighted by Gasteiger charge is 2.11. The van der Waals surface area contributed by atoms with Gasteiger partial charge in [-0.05, 0) is 37.1 Å². The smallest absolute Gasteiger partial charge is 0.251 e. The Hall–Kier alpha value is -2.29. The van der Waals surface area contributed by atoms with Gasteiger partial charge in [0.2, 0.25) is 0 Å². The van der Waals surface area contributed by atoms with E-state index in [1.54, 1.807) is 25.1 Å². The predicted octanol–water partition coefficient (Wildman–Crippen LogP) is 2.94. The molecule has 2 rings (SSSR count). The van der Waals surface area contributed by atoms with Crippen LogP contribution in [0.3, 0.4) is 0 Å². The van der Waals surface area contributed by atoms with Crippen LogP contribution in [-0.2, 0) is 6.54 Å². The van der Waals surface area contributed by atoms with Gasteiger partial charge in [-0.15, -0.1) is 0 Å². The van der Waals surface area contributed by atoms with E-state index in [1.165, 1.54) is 0 Å². The number of aromatic hydroxyl groups is 1. The van der Waals surface area contributed by atoms with Crippen molar-refractivity contribution in [1.82, 2.24) is 5.32 Å². The highest BCUT2D eigenvalue weighted by atomic mass is 16.3. The molecule has 0 atom stereocenters. The molecule has 0 aliphatic heterocycles. The standard InChI is InChI=1S/C16H17NO2/c1-11-6-3-4-7-13(11)10-17-16(19)14-8-5-9-15(18)12(14)2/h3-9,18H,10H2,1-2H3,(H,17,19). The molecule has 0 radical (unpaired) electrons. The molecule has 0 aromatic heterocycles. The van der Waals surface area contributed by atoms with Crippen molar-refractivity contribution >= 4 is 5.91 Å². The van der Waals surface area contributed by atoms with Crippen molar-refractivity contribution in [1.29, 1.82) is 0 Å². The Bertz CT molecular complexity index is 605. The number of aryl methyl sites for hydroxylation is 1. The van der Waals surface area contributed by atoms with Gasteiger partial charge in [0.15, 0.2) is 0 Å². The van der Waals surface area contributed by atoms with Crippen LogP contribution in [-0.4, -0.2) is 11.0 Å². The molecule has 2 aromatic rings. The van der Waals surface area contributed by atoms with Crippen LogP contribution in [0.1, 0.15) is 27.0 Å². The Balaban J connectivity index is 2.10. The molecule has 19 heavy (non-hydrogen) atoms. The van der Waals surface area contributed by atoms with Crippen LogP contribution in [0, 0.1) is 13.8 Å². The van der Waals surface area contributed by atoms with E-state index in [0.717, 1.165) is 11.1 Å². The summed E-state index contributed by atoms with van der Waals surface area (Å²) in [5.74, 6) is -0.0276. The van der Waals surface area contributed by atoms with Gasteiger partial charge >= 0.3 is 0 Å². The average molecular weight is 255 g/mol. The van der Waals surface area contributed by atoms with Crippen molar-refractivity contribution < 1.29 is 9.90 Å². The summed E-state index contributed by atoms with van der Waals surface area (Å²) < 4.78 is 0. The van der Waals surface area contributed by atoms with E-state index in [2.05, 4.69) is 5.32 Å². The van der Waals surface area contributed by atoms with Crippen molar-refractivity contribution in [3.8, 4) is 5.75 Å². The lowest BCUT2D eigenvalue weighted by Crippen LogP contribution is -2.23. The second-order valence-electron chi connectivity index (χ2n) is 4.56. The maximum Gasteiger partial charge on any atom is 0.251 e. The summed E-state index contributed by atoms with van der Waals surface area (Å²) in [6.07, 6.45) is 0. The maximum absolute atomic E-state index is 12.1. The first kappa shape index (κ1) is 13.1. The van der Waals surface area contributed by atoms with Gasteiger partial charge in [-0.1, -0.05) is 30.3 Å². The summed E-state index contributed by atoms with van der Waals surface area (Å²) in [5.41, 5.74) is 3.35. The van der Waals surface area contributed by atoms with Crippen molar-refractivity contribution in [2.75, 3.05) is 0 Å². The lowest BCUT2D eigenvalue weighted by molar-refractivity contribution is 0.0950. The van der Waals surface area contributed by atoms with Gasteiger partial charge in [0, 0.05) is 17.7 Å². The largest absolute Gasteiger partial charge is 0.508 e. The molecule has 2 aromatic carbocycles. The molecule has 0 spiro atoms. The fourth-order valence-electron chi connectivity index (χ4n) is 1.95. The fourth-order valence-corrected chi connectivity index (χ4v) is 1.95. The first-order chi connectivity index (χ1) is 9.09. The van der Waals surface area contributed by atoms with Gasteiger partial charge in [0.25, 0.3) is 5.91 Å². The van der Waals surface area contributed by atoms with Crippen LogP contribution in [0.25, 0.3) is 0 Å². The number of hydrogen-bond acceptors (Lipinski definition) is 2. The summed E-state index contributed by atoms with van der Waals surface area (Å²) in [7, 11) is 0. The predicted molar refractivity (Wildman–Crippen MR) is 75.2 cm³/mol. The molecular formula is C16H17NO2. The lowest BCUT2D eigenvalue weighted by Gasteiger charge is -2.10. The number of rotatable bonds is 3. The average Bonchev–Trinajstić information content (AvgIpc) is 2.40. The van der Waals surface area contributed by atoms with Crippen molar-refractivity contribution in [3.05, 3.63) is 64.7 Å². The fraction of sp³-hybridized carbons (Fsp3) is 0.188. The topological polar surface area (TPSA) is 49.3 Å². The second-order valence-corrected chi connectivity index (χ2v) is 4.56. The highest BCUT2D eigenvalue weighted by molar-refractivity contribution is 5.96. The number of benzene rings is 2. The third-order valence-electron chi connectivity index (χ3n) is 3.25. The van der Waals surface area contributed by atoms with E-state index in [9.17, 15) is 9.90 Å². The van der Waals surface area contributed by atoms with Gasteiger partial charge < -0.3 is 10.4 Å². The SMILES string of the molecule is Cc1ccccc1CNC(=O)c1cccc(O)c1C. The number of amides is 1. The molecular weight excluding hydrogens is 238 g/mol. The van der Waals surface area contributed by atoms with E-state index >= 15 is 0 Å². The number of hydrogen-bond donors (Lipinski definition) is 2. The van der Waals surface area contributed by atoms with E-state index < -0.39 is 0 Å². The monoisotopic (exact) mass is 255 g/mol. The minimum Gasteiger partial charge on any atom is -0.508 e. The molecule has 0 unspecified atom stereocenters. The Morgan fingerprint density at radius 2 is 1.84 bits per heavy atom. The normalized spacial score (nSPS) is 10.2. The summed E-state index contributed by atoms with van der Waals surface area (Å²) in [6.45, 7) is 4.24. The van der Waals surface area contributed by atoms with Crippen molar-refractivity contribution in [2.24, 2.45) is 0 Å². The third kappa shape index (κ3) is 2.94. The molecule has 3 heteroatoms. The zero-order valence-electron chi connectivity index (χ0n) is 11.1. The second kappa shape index (κ2) is 5.57. The van der Waals surface area contributed by atoms with Gasteiger partial charge in [-0.3, -0.25) is 4.79 Å². The number of phenolic OH excluding ortho intramolecular Hbond substituents is 1. The first-order valence-electron chi connectivity index (χ1n) is 6.21. The molecule has 98 valence electrons. The summed E-state index contributed by atoms with van der Waals surface area (Å²) in [4.78, 5) is 12.1. The molecule has 0 heterocycles. The van der Waals surface area contributed by atoms with Crippen LogP contribution in [0.4, 0.5) is 0 Å². The van der Waals surface area contributed by atoms with Crippen LogP contribution < -0.4 is 5.32 Å². The Kier molecular flexibility index (Phi) is 3.85. The number of nitrogens with one attached hydrogen (secondary N) is 1. The molecule has 0 fully saturated rings. The van der Waals surface area contributed by atoms with E-state index in [0.29, 0.717) is 17.7 Å². The van der Waals surface area contributed by atoms with Crippen LogP contribution in [0.2, 0.25) is 0 Å². The Morgan fingerprint density at radius 3 is 2.58 bits per heavy atom. The van der Waals surface area contributed by atoms with E-state index in [4.69, 9.17) is 0 Å². The zero-order valence-corrected chi connectivity index (χ0v) is 11.1. The highest BCUT2D eigenvalue weighted by Crippen LogP contribution is 2.19. The van der Waals surface area contributed by atoms with Gasteiger partial charge in [-0.25, -0.2) is 0 Å². The molecule has 3 nitrogen and oxygen atoms in total. The van der Waals surface area contributed by atoms with Crippen LogP contribution in [0.5, 0.6) is 5.75 Å².